The van der Waals surface area contributed by atoms with Gasteiger partial charge in [-0.25, -0.2) is 0 Å². The van der Waals surface area contributed by atoms with Crippen LogP contribution in [0, 0.1) is 0 Å². The van der Waals surface area contributed by atoms with E-state index in [0.29, 0.717) is 21.5 Å². The SMILES string of the molecule is O=C(/C=C\c1ccco1)Nc1cc(Cl)cc(Cl)c1. The van der Waals surface area contributed by atoms with Gasteiger partial charge in [-0.1, -0.05) is 23.2 Å². The van der Waals surface area contributed by atoms with Crippen LogP contribution in [0.5, 0.6) is 0 Å². The molecule has 1 heterocycles. The summed E-state index contributed by atoms with van der Waals surface area (Å²) in [4.78, 5) is 11.6. The topological polar surface area (TPSA) is 42.2 Å². The first-order chi connectivity index (χ1) is 8.63. The molecule has 1 aromatic carbocycles. The molecule has 0 saturated heterocycles. The van der Waals surface area contributed by atoms with E-state index in [1.165, 1.54) is 12.3 Å². The maximum Gasteiger partial charge on any atom is 0.248 e. The van der Waals surface area contributed by atoms with Gasteiger partial charge in [-0.3, -0.25) is 4.79 Å². The number of hydrogen-bond donors (Lipinski definition) is 1. The first kappa shape index (κ1) is 12.7. The highest BCUT2D eigenvalue weighted by Gasteiger charge is 2.01. The fourth-order valence-electron chi connectivity index (χ4n) is 1.35. The number of carbonyl (C=O) groups excluding carboxylic acids is 1. The van der Waals surface area contributed by atoms with Crippen LogP contribution < -0.4 is 5.32 Å². The fraction of sp³-hybridized carbons (Fsp3) is 0. The molecule has 0 saturated carbocycles. The number of hydrogen-bond acceptors (Lipinski definition) is 2. The highest BCUT2D eigenvalue weighted by Crippen LogP contribution is 2.22. The second kappa shape index (κ2) is 5.76. The summed E-state index contributed by atoms with van der Waals surface area (Å²) in [6, 6.07) is 8.32. The van der Waals surface area contributed by atoms with Gasteiger partial charge < -0.3 is 9.73 Å². The van der Waals surface area contributed by atoms with Crippen molar-refractivity contribution in [3.05, 3.63) is 58.5 Å². The van der Waals surface area contributed by atoms with Crippen LogP contribution in [0.15, 0.2) is 47.1 Å². The van der Waals surface area contributed by atoms with Crippen LogP contribution in [0.1, 0.15) is 5.76 Å². The maximum atomic E-state index is 11.6. The summed E-state index contributed by atoms with van der Waals surface area (Å²) >= 11 is 11.6. The van der Waals surface area contributed by atoms with Gasteiger partial charge in [-0.05, 0) is 36.4 Å². The quantitative estimate of drug-likeness (QED) is 0.855. The molecule has 92 valence electrons. The lowest BCUT2D eigenvalue weighted by Crippen LogP contribution is -2.07. The Kier molecular flexibility index (Phi) is 4.07. The van der Waals surface area contributed by atoms with Crippen molar-refractivity contribution in [3.8, 4) is 0 Å². The van der Waals surface area contributed by atoms with E-state index in [-0.39, 0.29) is 5.91 Å². The Morgan fingerprint density at radius 2 is 1.94 bits per heavy atom. The van der Waals surface area contributed by atoms with Crippen molar-refractivity contribution in [3.63, 3.8) is 0 Å². The monoisotopic (exact) mass is 281 g/mol. The maximum absolute atomic E-state index is 11.6. The number of furan rings is 1. The van der Waals surface area contributed by atoms with Gasteiger partial charge >= 0.3 is 0 Å². The van der Waals surface area contributed by atoms with Crippen LogP contribution >= 0.6 is 23.2 Å². The van der Waals surface area contributed by atoms with E-state index < -0.39 is 0 Å². The Hall–Kier alpha value is -1.71. The molecule has 0 unspecified atom stereocenters. The predicted molar refractivity (Wildman–Crippen MR) is 72.8 cm³/mol. The van der Waals surface area contributed by atoms with Crippen LogP contribution in [0.25, 0.3) is 6.08 Å². The molecule has 0 radical (unpaired) electrons. The van der Waals surface area contributed by atoms with Crippen LogP contribution in [0.3, 0.4) is 0 Å². The second-order valence-corrected chi connectivity index (χ2v) is 4.37. The van der Waals surface area contributed by atoms with E-state index in [2.05, 4.69) is 5.32 Å². The summed E-state index contributed by atoms with van der Waals surface area (Å²) in [6.07, 6.45) is 4.48. The molecule has 18 heavy (non-hydrogen) atoms. The van der Waals surface area contributed by atoms with Crippen molar-refractivity contribution in [2.24, 2.45) is 0 Å². The van der Waals surface area contributed by atoms with Gasteiger partial charge in [0.05, 0.1) is 6.26 Å². The largest absolute Gasteiger partial charge is 0.465 e. The lowest BCUT2D eigenvalue weighted by Gasteiger charge is -2.03. The zero-order valence-corrected chi connectivity index (χ0v) is 10.7. The Labute approximate surface area is 114 Å². The Balaban J connectivity index is 2.03. The second-order valence-electron chi connectivity index (χ2n) is 3.50. The molecule has 0 fully saturated rings. The van der Waals surface area contributed by atoms with Crippen LogP contribution in [0.2, 0.25) is 10.0 Å². The molecule has 2 rings (SSSR count). The highest BCUT2D eigenvalue weighted by molar-refractivity contribution is 6.35. The van der Waals surface area contributed by atoms with Crippen molar-refractivity contribution >= 4 is 40.9 Å². The molecule has 1 amide bonds. The van der Waals surface area contributed by atoms with Crippen LogP contribution in [-0.4, -0.2) is 5.91 Å². The molecule has 0 aliphatic carbocycles. The van der Waals surface area contributed by atoms with E-state index in [1.54, 1.807) is 36.4 Å². The first-order valence-electron chi connectivity index (χ1n) is 5.12. The number of anilines is 1. The van der Waals surface area contributed by atoms with Crippen LogP contribution in [0.4, 0.5) is 5.69 Å². The Morgan fingerprint density at radius 3 is 2.56 bits per heavy atom. The molecule has 3 nitrogen and oxygen atoms in total. The minimum atomic E-state index is -0.287. The average molecular weight is 282 g/mol. The van der Waals surface area contributed by atoms with Gasteiger partial charge in [0, 0.05) is 21.8 Å². The van der Waals surface area contributed by atoms with E-state index in [1.807, 2.05) is 0 Å². The van der Waals surface area contributed by atoms with Gasteiger partial charge in [-0.15, -0.1) is 0 Å². The standard InChI is InChI=1S/C13H9Cl2NO2/c14-9-6-10(15)8-11(7-9)16-13(17)4-3-12-2-1-5-18-12/h1-8H,(H,16,17)/b4-3-. The van der Waals surface area contributed by atoms with E-state index in [0.717, 1.165) is 0 Å². The summed E-state index contributed by atoms with van der Waals surface area (Å²) in [5.41, 5.74) is 0.543. The van der Waals surface area contributed by atoms with Gasteiger partial charge in [0.25, 0.3) is 0 Å². The van der Waals surface area contributed by atoms with Gasteiger partial charge in [0.1, 0.15) is 5.76 Å². The van der Waals surface area contributed by atoms with Gasteiger partial charge in [0.2, 0.25) is 5.91 Å². The number of halogens is 2. The molecule has 0 atom stereocenters. The minimum Gasteiger partial charge on any atom is -0.465 e. The lowest BCUT2D eigenvalue weighted by atomic mass is 10.3. The van der Waals surface area contributed by atoms with Crippen molar-refractivity contribution < 1.29 is 9.21 Å². The molecule has 0 bridgehead atoms. The zero-order chi connectivity index (χ0) is 13.0. The fourth-order valence-corrected chi connectivity index (χ4v) is 1.88. The average Bonchev–Trinajstić information content (AvgIpc) is 2.77. The summed E-state index contributed by atoms with van der Waals surface area (Å²) in [7, 11) is 0. The number of benzene rings is 1. The van der Waals surface area contributed by atoms with Crippen molar-refractivity contribution in [1.82, 2.24) is 0 Å². The number of nitrogens with one attached hydrogen (secondary N) is 1. The summed E-state index contributed by atoms with van der Waals surface area (Å²) in [5, 5.41) is 3.58. The number of carbonyl (C=O) groups is 1. The van der Waals surface area contributed by atoms with E-state index in [4.69, 9.17) is 27.6 Å². The van der Waals surface area contributed by atoms with Crippen molar-refractivity contribution in [1.29, 1.82) is 0 Å². The smallest absolute Gasteiger partial charge is 0.248 e. The summed E-state index contributed by atoms with van der Waals surface area (Å²) < 4.78 is 5.06. The molecule has 5 heteroatoms. The molecular formula is C13H9Cl2NO2. The van der Waals surface area contributed by atoms with E-state index in [9.17, 15) is 4.79 Å². The third kappa shape index (κ3) is 3.65. The molecule has 0 aliphatic rings. The van der Waals surface area contributed by atoms with E-state index >= 15 is 0 Å². The number of rotatable bonds is 3. The molecule has 0 aliphatic heterocycles. The predicted octanol–water partition coefficient (Wildman–Crippen LogP) is 4.24. The zero-order valence-electron chi connectivity index (χ0n) is 9.19. The van der Waals surface area contributed by atoms with Crippen molar-refractivity contribution in [2.75, 3.05) is 5.32 Å². The van der Waals surface area contributed by atoms with Crippen LogP contribution in [-0.2, 0) is 4.79 Å². The molecule has 0 spiro atoms. The highest BCUT2D eigenvalue weighted by atomic mass is 35.5. The molecule has 1 aromatic heterocycles. The lowest BCUT2D eigenvalue weighted by molar-refractivity contribution is -0.111. The number of amides is 1. The normalized spacial score (nSPS) is 10.8. The van der Waals surface area contributed by atoms with Gasteiger partial charge in [-0.2, -0.15) is 0 Å². The Bertz CT molecular complexity index is 556. The van der Waals surface area contributed by atoms with Gasteiger partial charge in [0.15, 0.2) is 0 Å². The third-order valence-electron chi connectivity index (χ3n) is 2.07. The summed E-state index contributed by atoms with van der Waals surface area (Å²) in [5.74, 6) is 0.319. The molecule has 1 N–H and O–H groups in total. The Morgan fingerprint density at radius 1 is 1.22 bits per heavy atom. The van der Waals surface area contributed by atoms with Crippen molar-refractivity contribution in [2.45, 2.75) is 0 Å². The third-order valence-corrected chi connectivity index (χ3v) is 2.51. The molecule has 2 aromatic rings. The molecular weight excluding hydrogens is 273 g/mol. The minimum absolute atomic E-state index is 0.287. The summed E-state index contributed by atoms with van der Waals surface area (Å²) in [6.45, 7) is 0. The first-order valence-corrected chi connectivity index (χ1v) is 5.88.